The zero-order valence-corrected chi connectivity index (χ0v) is 10.7. The first-order valence-corrected chi connectivity index (χ1v) is 6.57. The van der Waals surface area contributed by atoms with Gasteiger partial charge in [0.05, 0.1) is 11.6 Å². The SMILES string of the molecule is O=C(O)c1ccnc(C2(NC(=O)C3CC(O)C3)CC2)n1. The maximum atomic E-state index is 12.0. The van der Waals surface area contributed by atoms with Gasteiger partial charge in [-0.25, -0.2) is 14.8 Å². The molecule has 1 heterocycles. The van der Waals surface area contributed by atoms with Gasteiger partial charge in [-0.3, -0.25) is 4.79 Å². The van der Waals surface area contributed by atoms with Crippen molar-refractivity contribution in [2.75, 3.05) is 0 Å². The highest BCUT2D eigenvalue weighted by Crippen LogP contribution is 2.44. The smallest absolute Gasteiger partial charge is 0.354 e. The van der Waals surface area contributed by atoms with Crippen LogP contribution in [-0.2, 0) is 10.3 Å². The summed E-state index contributed by atoms with van der Waals surface area (Å²) in [7, 11) is 0. The van der Waals surface area contributed by atoms with Gasteiger partial charge in [0, 0.05) is 12.1 Å². The van der Waals surface area contributed by atoms with E-state index in [4.69, 9.17) is 5.11 Å². The lowest BCUT2D eigenvalue weighted by Crippen LogP contribution is -2.45. The fraction of sp³-hybridized carbons (Fsp3) is 0.538. The highest BCUT2D eigenvalue weighted by molar-refractivity contribution is 5.85. The zero-order valence-electron chi connectivity index (χ0n) is 10.7. The van der Waals surface area contributed by atoms with Gasteiger partial charge >= 0.3 is 5.97 Å². The van der Waals surface area contributed by atoms with Crippen molar-refractivity contribution in [1.82, 2.24) is 15.3 Å². The summed E-state index contributed by atoms with van der Waals surface area (Å²) >= 11 is 0. The number of nitrogens with zero attached hydrogens (tertiary/aromatic N) is 2. The van der Waals surface area contributed by atoms with E-state index in [1.54, 1.807) is 0 Å². The first-order chi connectivity index (χ1) is 9.50. The van der Waals surface area contributed by atoms with Crippen LogP contribution in [-0.4, -0.2) is 38.2 Å². The Kier molecular flexibility index (Phi) is 2.93. The number of carbonyl (C=O) groups excluding carboxylic acids is 1. The molecule has 106 valence electrons. The summed E-state index contributed by atoms with van der Waals surface area (Å²) in [4.78, 5) is 31.0. The number of rotatable bonds is 4. The van der Waals surface area contributed by atoms with E-state index in [0.717, 1.165) is 0 Å². The minimum Gasteiger partial charge on any atom is -0.477 e. The van der Waals surface area contributed by atoms with Crippen molar-refractivity contribution >= 4 is 11.9 Å². The fourth-order valence-corrected chi connectivity index (χ4v) is 2.38. The Morgan fingerprint density at radius 1 is 1.35 bits per heavy atom. The monoisotopic (exact) mass is 277 g/mol. The second kappa shape index (κ2) is 4.52. The van der Waals surface area contributed by atoms with Gasteiger partial charge in [0.2, 0.25) is 5.91 Å². The minimum atomic E-state index is -1.11. The topological polar surface area (TPSA) is 112 Å². The van der Waals surface area contributed by atoms with Crippen molar-refractivity contribution in [2.24, 2.45) is 5.92 Å². The third-order valence-corrected chi connectivity index (χ3v) is 3.90. The zero-order chi connectivity index (χ0) is 14.3. The number of aliphatic hydroxyl groups is 1. The second-order valence-corrected chi connectivity index (χ2v) is 5.46. The first kappa shape index (κ1) is 13.0. The Morgan fingerprint density at radius 3 is 2.60 bits per heavy atom. The van der Waals surface area contributed by atoms with E-state index >= 15 is 0 Å². The number of amides is 1. The van der Waals surface area contributed by atoms with Crippen LogP contribution < -0.4 is 5.32 Å². The maximum Gasteiger partial charge on any atom is 0.354 e. The Balaban J connectivity index is 1.74. The van der Waals surface area contributed by atoms with Crippen LogP contribution in [0, 0.1) is 5.92 Å². The van der Waals surface area contributed by atoms with Gasteiger partial charge in [0.1, 0.15) is 0 Å². The number of aliphatic hydroxyl groups excluding tert-OH is 1. The normalized spacial score (nSPS) is 26.4. The summed E-state index contributed by atoms with van der Waals surface area (Å²) in [5, 5.41) is 21.1. The van der Waals surface area contributed by atoms with Crippen LogP contribution in [0.1, 0.15) is 42.0 Å². The van der Waals surface area contributed by atoms with Gasteiger partial charge in [-0.1, -0.05) is 0 Å². The Bertz CT molecular complexity index is 564. The molecule has 2 fully saturated rings. The average Bonchev–Trinajstić information content (AvgIpc) is 3.16. The van der Waals surface area contributed by atoms with Crippen molar-refractivity contribution < 1.29 is 19.8 Å². The average molecular weight is 277 g/mol. The van der Waals surface area contributed by atoms with Gasteiger partial charge in [-0.2, -0.15) is 0 Å². The van der Waals surface area contributed by atoms with Crippen molar-refractivity contribution in [3.05, 3.63) is 23.8 Å². The van der Waals surface area contributed by atoms with Crippen LogP contribution in [0.3, 0.4) is 0 Å². The molecular formula is C13H15N3O4. The molecule has 20 heavy (non-hydrogen) atoms. The fourth-order valence-electron chi connectivity index (χ4n) is 2.38. The highest BCUT2D eigenvalue weighted by Gasteiger charge is 2.50. The third-order valence-electron chi connectivity index (χ3n) is 3.90. The number of hydrogen-bond acceptors (Lipinski definition) is 5. The van der Waals surface area contributed by atoms with Crippen LogP contribution in [0.4, 0.5) is 0 Å². The molecule has 7 nitrogen and oxygen atoms in total. The van der Waals surface area contributed by atoms with Crippen molar-refractivity contribution in [3.8, 4) is 0 Å². The van der Waals surface area contributed by atoms with E-state index in [1.165, 1.54) is 12.3 Å². The lowest BCUT2D eigenvalue weighted by Gasteiger charge is -2.31. The number of aromatic nitrogens is 2. The number of carboxylic acids is 1. The molecule has 0 saturated heterocycles. The summed E-state index contributed by atoms with van der Waals surface area (Å²) in [5.41, 5.74) is -0.696. The van der Waals surface area contributed by atoms with Crippen LogP contribution >= 0.6 is 0 Å². The van der Waals surface area contributed by atoms with Gasteiger partial charge in [0.25, 0.3) is 0 Å². The number of carbonyl (C=O) groups is 2. The van der Waals surface area contributed by atoms with Crippen molar-refractivity contribution in [3.63, 3.8) is 0 Å². The predicted octanol–water partition coefficient (Wildman–Crippen LogP) is 0.0510. The molecule has 0 radical (unpaired) electrons. The quantitative estimate of drug-likeness (QED) is 0.717. The number of carboxylic acid groups (broad SMARTS) is 1. The predicted molar refractivity (Wildman–Crippen MR) is 66.8 cm³/mol. The second-order valence-electron chi connectivity index (χ2n) is 5.46. The molecule has 2 saturated carbocycles. The van der Waals surface area contributed by atoms with Crippen LogP contribution in [0.25, 0.3) is 0 Å². The summed E-state index contributed by atoms with van der Waals surface area (Å²) in [6.07, 6.45) is 3.39. The summed E-state index contributed by atoms with van der Waals surface area (Å²) in [6.45, 7) is 0. The van der Waals surface area contributed by atoms with Crippen LogP contribution in [0.5, 0.6) is 0 Å². The molecule has 1 aromatic rings. The van der Waals surface area contributed by atoms with Crippen LogP contribution in [0.2, 0.25) is 0 Å². The molecule has 0 spiro atoms. The van der Waals surface area contributed by atoms with E-state index in [9.17, 15) is 14.7 Å². The lowest BCUT2D eigenvalue weighted by molar-refractivity contribution is -0.132. The van der Waals surface area contributed by atoms with Gasteiger partial charge in [0.15, 0.2) is 11.5 Å². The molecule has 0 aliphatic heterocycles. The third kappa shape index (κ3) is 2.24. The number of hydrogen-bond donors (Lipinski definition) is 3. The molecule has 0 bridgehead atoms. The van der Waals surface area contributed by atoms with Gasteiger partial charge < -0.3 is 15.5 Å². The molecule has 0 unspecified atom stereocenters. The Labute approximate surface area is 115 Å². The minimum absolute atomic E-state index is 0.0745. The maximum absolute atomic E-state index is 12.0. The summed E-state index contributed by atoms with van der Waals surface area (Å²) in [5.74, 6) is -1.04. The molecule has 7 heteroatoms. The largest absolute Gasteiger partial charge is 0.477 e. The van der Waals surface area contributed by atoms with Gasteiger partial charge in [-0.15, -0.1) is 0 Å². The highest BCUT2D eigenvalue weighted by atomic mass is 16.4. The Morgan fingerprint density at radius 2 is 2.05 bits per heavy atom. The molecule has 3 rings (SSSR count). The molecule has 0 aromatic carbocycles. The van der Waals surface area contributed by atoms with Crippen molar-refractivity contribution in [2.45, 2.75) is 37.3 Å². The molecular weight excluding hydrogens is 262 g/mol. The van der Waals surface area contributed by atoms with E-state index in [-0.39, 0.29) is 23.6 Å². The lowest BCUT2D eigenvalue weighted by atomic mass is 9.81. The summed E-state index contributed by atoms with van der Waals surface area (Å²) < 4.78 is 0. The Hall–Kier alpha value is -2.02. The molecule has 2 aliphatic rings. The number of nitrogens with one attached hydrogen (secondary N) is 1. The molecule has 1 aromatic heterocycles. The van der Waals surface area contributed by atoms with E-state index < -0.39 is 11.5 Å². The van der Waals surface area contributed by atoms with Crippen LogP contribution in [0.15, 0.2) is 12.3 Å². The molecule has 3 N–H and O–H groups in total. The summed E-state index contributed by atoms with van der Waals surface area (Å²) in [6, 6.07) is 1.33. The molecule has 2 aliphatic carbocycles. The van der Waals surface area contributed by atoms with E-state index in [2.05, 4.69) is 15.3 Å². The first-order valence-electron chi connectivity index (χ1n) is 6.57. The molecule has 1 amide bonds. The van der Waals surface area contributed by atoms with Crippen molar-refractivity contribution in [1.29, 1.82) is 0 Å². The van der Waals surface area contributed by atoms with Gasteiger partial charge in [-0.05, 0) is 31.7 Å². The molecule has 0 atom stereocenters. The number of aromatic carboxylic acids is 1. The standard InChI is InChI=1S/C13H15N3O4/c17-8-5-7(6-8)10(18)16-13(2-3-13)12-14-4-1-9(15-12)11(19)20/h1,4,7-8,17H,2-3,5-6H2,(H,16,18)(H,19,20). The van der Waals surface area contributed by atoms with E-state index in [0.29, 0.717) is 31.5 Å². The van der Waals surface area contributed by atoms with E-state index in [1.807, 2.05) is 0 Å².